The van der Waals surface area contributed by atoms with Crippen LogP contribution in [-0.4, -0.2) is 28.6 Å². The van der Waals surface area contributed by atoms with Crippen molar-refractivity contribution in [3.8, 4) is 16.9 Å². The number of phenols is 1. The summed E-state index contributed by atoms with van der Waals surface area (Å²) in [5.41, 5.74) is 1.83. The first-order valence-corrected chi connectivity index (χ1v) is 8.08. The van der Waals surface area contributed by atoms with Crippen molar-refractivity contribution in [3.63, 3.8) is 0 Å². The number of benzene rings is 2. The Hall–Kier alpha value is -2.82. The van der Waals surface area contributed by atoms with Crippen LogP contribution in [0.4, 0.5) is 0 Å². The average molecular weight is 341 g/mol. The van der Waals surface area contributed by atoms with Gasteiger partial charge in [0, 0.05) is 5.54 Å². The Morgan fingerprint density at radius 3 is 1.92 bits per heavy atom. The molecule has 0 aliphatic rings. The second kappa shape index (κ2) is 7.38. The number of carbonyl (C=O) groups is 2. The number of aromatic hydroxyl groups is 1. The van der Waals surface area contributed by atoms with Gasteiger partial charge in [0.25, 0.3) is 5.91 Å². The van der Waals surface area contributed by atoms with E-state index in [4.69, 9.17) is 4.74 Å². The zero-order valence-corrected chi connectivity index (χ0v) is 14.9. The molecule has 132 valence electrons. The van der Waals surface area contributed by atoms with Crippen molar-refractivity contribution in [2.24, 2.45) is 0 Å². The van der Waals surface area contributed by atoms with Crippen LogP contribution in [0.1, 0.15) is 38.1 Å². The summed E-state index contributed by atoms with van der Waals surface area (Å²) in [5, 5.41) is 12.1. The highest BCUT2D eigenvalue weighted by Gasteiger charge is 2.22. The van der Waals surface area contributed by atoms with Gasteiger partial charge in [-0.3, -0.25) is 4.79 Å². The zero-order chi connectivity index (χ0) is 18.6. The van der Waals surface area contributed by atoms with Crippen molar-refractivity contribution >= 4 is 11.9 Å². The van der Waals surface area contributed by atoms with E-state index in [-0.39, 0.29) is 17.2 Å². The van der Waals surface area contributed by atoms with Crippen molar-refractivity contribution in [1.29, 1.82) is 0 Å². The number of esters is 1. The van der Waals surface area contributed by atoms with E-state index < -0.39 is 12.1 Å². The Labute approximate surface area is 147 Å². The molecular formula is C20H23NO4. The molecule has 5 nitrogen and oxygen atoms in total. The van der Waals surface area contributed by atoms with Crippen LogP contribution < -0.4 is 5.32 Å². The monoisotopic (exact) mass is 341 g/mol. The number of nitrogens with one attached hydrogen (secondary N) is 1. The molecule has 2 rings (SSSR count). The molecule has 2 aromatic carbocycles. The largest absolute Gasteiger partial charge is 0.508 e. The second-order valence-corrected chi connectivity index (χ2v) is 6.91. The Bertz CT molecular complexity index is 743. The molecule has 0 radical (unpaired) electrons. The lowest BCUT2D eigenvalue weighted by Gasteiger charge is -2.23. The minimum absolute atomic E-state index is 0.200. The lowest BCUT2D eigenvalue weighted by atomic mass is 10.0. The van der Waals surface area contributed by atoms with E-state index in [1.165, 1.54) is 0 Å². The molecule has 0 aliphatic heterocycles. The van der Waals surface area contributed by atoms with Crippen LogP contribution in [0, 0.1) is 0 Å². The number of phenolic OH excluding ortho intramolecular Hbond substituents is 1. The van der Waals surface area contributed by atoms with Crippen molar-refractivity contribution in [3.05, 3.63) is 54.1 Å². The van der Waals surface area contributed by atoms with Crippen LogP contribution in [0.3, 0.4) is 0 Å². The van der Waals surface area contributed by atoms with Gasteiger partial charge in [-0.15, -0.1) is 0 Å². The van der Waals surface area contributed by atoms with Gasteiger partial charge in [-0.05, 0) is 63.1 Å². The van der Waals surface area contributed by atoms with E-state index in [1.807, 2.05) is 20.8 Å². The molecule has 0 saturated carbocycles. The second-order valence-electron chi connectivity index (χ2n) is 6.91. The average Bonchev–Trinajstić information content (AvgIpc) is 2.54. The fourth-order valence-electron chi connectivity index (χ4n) is 2.21. The third-order valence-electron chi connectivity index (χ3n) is 3.47. The Balaban J connectivity index is 2.03. The first kappa shape index (κ1) is 18.5. The standard InChI is InChI=1S/C20H23NO4/c1-13(18(23)21-20(2,3)4)25-19(24)16-7-5-14(6-8-16)15-9-11-17(22)12-10-15/h5-13,22H,1-4H3,(H,21,23)/t13-/m0/s1. The number of amides is 1. The van der Waals surface area contributed by atoms with E-state index in [2.05, 4.69) is 5.32 Å². The maximum absolute atomic E-state index is 12.2. The third kappa shape index (κ3) is 5.35. The first-order chi connectivity index (χ1) is 11.7. The highest BCUT2D eigenvalue weighted by atomic mass is 16.5. The summed E-state index contributed by atoms with van der Waals surface area (Å²) in [6.45, 7) is 7.13. The highest BCUT2D eigenvalue weighted by Crippen LogP contribution is 2.22. The SMILES string of the molecule is C[C@H](OC(=O)c1ccc(-c2ccc(O)cc2)cc1)C(=O)NC(C)(C)C. The van der Waals surface area contributed by atoms with E-state index >= 15 is 0 Å². The van der Waals surface area contributed by atoms with Crippen LogP contribution in [0.25, 0.3) is 11.1 Å². The van der Waals surface area contributed by atoms with Gasteiger partial charge >= 0.3 is 5.97 Å². The van der Waals surface area contributed by atoms with Gasteiger partial charge in [0.15, 0.2) is 6.10 Å². The van der Waals surface area contributed by atoms with Crippen molar-refractivity contribution in [1.82, 2.24) is 5.32 Å². The van der Waals surface area contributed by atoms with E-state index in [9.17, 15) is 14.7 Å². The molecule has 0 spiro atoms. The molecule has 25 heavy (non-hydrogen) atoms. The van der Waals surface area contributed by atoms with Gasteiger partial charge in [-0.25, -0.2) is 4.79 Å². The molecule has 0 heterocycles. The molecule has 2 N–H and O–H groups in total. The molecular weight excluding hydrogens is 318 g/mol. The molecule has 0 fully saturated rings. The maximum atomic E-state index is 12.2. The fourth-order valence-corrected chi connectivity index (χ4v) is 2.21. The predicted molar refractivity (Wildman–Crippen MR) is 96.3 cm³/mol. The minimum atomic E-state index is -0.872. The fraction of sp³-hybridized carbons (Fsp3) is 0.300. The van der Waals surface area contributed by atoms with Gasteiger partial charge in [0.2, 0.25) is 0 Å². The van der Waals surface area contributed by atoms with Crippen LogP contribution in [0.2, 0.25) is 0 Å². The Morgan fingerprint density at radius 1 is 0.960 bits per heavy atom. The molecule has 2 aromatic rings. The smallest absolute Gasteiger partial charge is 0.338 e. The molecule has 5 heteroatoms. The van der Waals surface area contributed by atoms with Crippen LogP contribution in [0.5, 0.6) is 5.75 Å². The van der Waals surface area contributed by atoms with Gasteiger partial charge in [-0.2, -0.15) is 0 Å². The summed E-state index contributed by atoms with van der Waals surface area (Å²) in [5.74, 6) is -0.679. The lowest BCUT2D eigenvalue weighted by molar-refractivity contribution is -0.130. The molecule has 0 aliphatic carbocycles. The zero-order valence-electron chi connectivity index (χ0n) is 14.9. The van der Waals surface area contributed by atoms with Crippen LogP contribution in [-0.2, 0) is 9.53 Å². The topological polar surface area (TPSA) is 75.6 Å². The summed E-state index contributed by atoms with van der Waals surface area (Å²) in [6, 6.07) is 13.7. The molecule has 0 aromatic heterocycles. The number of ether oxygens (including phenoxy) is 1. The van der Waals surface area contributed by atoms with Crippen LogP contribution >= 0.6 is 0 Å². The number of hydrogen-bond acceptors (Lipinski definition) is 4. The van der Waals surface area contributed by atoms with Crippen molar-refractivity contribution in [2.45, 2.75) is 39.3 Å². The van der Waals surface area contributed by atoms with Gasteiger partial charge in [-0.1, -0.05) is 24.3 Å². The highest BCUT2D eigenvalue weighted by molar-refractivity contribution is 5.92. The minimum Gasteiger partial charge on any atom is -0.508 e. The first-order valence-electron chi connectivity index (χ1n) is 8.08. The van der Waals surface area contributed by atoms with Gasteiger partial charge in [0.05, 0.1) is 5.56 Å². The quantitative estimate of drug-likeness (QED) is 0.834. The Morgan fingerprint density at radius 2 is 1.44 bits per heavy atom. The molecule has 1 atom stereocenters. The summed E-state index contributed by atoms with van der Waals surface area (Å²) in [4.78, 5) is 24.2. The normalized spacial score (nSPS) is 12.3. The van der Waals surface area contributed by atoms with E-state index in [0.717, 1.165) is 11.1 Å². The number of carbonyl (C=O) groups excluding carboxylic acids is 2. The van der Waals surface area contributed by atoms with E-state index in [1.54, 1.807) is 55.5 Å². The van der Waals surface area contributed by atoms with Gasteiger partial charge < -0.3 is 15.2 Å². The predicted octanol–water partition coefficient (Wildman–Crippen LogP) is 3.52. The van der Waals surface area contributed by atoms with Crippen molar-refractivity contribution in [2.75, 3.05) is 0 Å². The van der Waals surface area contributed by atoms with E-state index in [0.29, 0.717) is 5.56 Å². The van der Waals surface area contributed by atoms with Crippen LogP contribution in [0.15, 0.2) is 48.5 Å². The third-order valence-corrected chi connectivity index (χ3v) is 3.47. The Kier molecular flexibility index (Phi) is 5.47. The summed E-state index contributed by atoms with van der Waals surface area (Å²) in [6.07, 6.45) is -0.872. The maximum Gasteiger partial charge on any atom is 0.338 e. The van der Waals surface area contributed by atoms with Crippen molar-refractivity contribution < 1.29 is 19.4 Å². The molecule has 0 saturated heterocycles. The summed E-state index contributed by atoms with van der Waals surface area (Å²) >= 11 is 0. The van der Waals surface area contributed by atoms with Gasteiger partial charge in [0.1, 0.15) is 5.75 Å². The summed E-state index contributed by atoms with van der Waals surface area (Å²) < 4.78 is 5.22. The molecule has 0 bridgehead atoms. The number of rotatable bonds is 4. The number of hydrogen-bond donors (Lipinski definition) is 2. The lowest BCUT2D eigenvalue weighted by Crippen LogP contribution is -2.46. The molecule has 1 amide bonds. The summed E-state index contributed by atoms with van der Waals surface area (Å²) in [7, 11) is 0. The molecule has 0 unspecified atom stereocenters.